The van der Waals surface area contributed by atoms with Crippen molar-refractivity contribution in [3.63, 3.8) is 0 Å². The largest absolute Gasteiger partial charge is 0.383 e. The summed E-state index contributed by atoms with van der Waals surface area (Å²) in [6.07, 6.45) is 3.23. The molecule has 2 aromatic heterocycles. The van der Waals surface area contributed by atoms with Gasteiger partial charge in [-0.3, -0.25) is 4.90 Å². The summed E-state index contributed by atoms with van der Waals surface area (Å²) in [4.78, 5) is 6.25. The molecule has 26 heavy (non-hydrogen) atoms. The lowest BCUT2D eigenvalue weighted by Gasteiger charge is -2.20. The number of sulfone groups is 1. The van der Waals surface area contributed by atoms with Crippen molar-refractivity contribution in [2.24, 2.45) is 5.41 Å². The van der Waals surface area contributed by atoms with Crippen molar-refractivity contribution in [2.45, 2.75) is 45.6 Å². The summed E-state index contributed by atoms with van der Waals surface area (Å²) in [6.45, 7) is 7.65. The van der Waals surface area contributed by atoms with Crippen LogP contribution in [0.1, 0.15) is 32.2 Å². The van der Waals surface area contributed by atoms with Gasteiger partial charge < -0.3 is 13.8 Å². The Kier molecular flexibility index (Phi) is 6.59. The summed E-state index contributed by atoms with van der Waals surface area (Å²) >= 11 is 0. The molecule has 2 aromatic rings. The number of methoxy groups -OCH3 is 1. The normalized spacial score (nSPS) is 12.8. The van der Waals surface area contributed by atoms with Crippen molar-refractivity contribution >= 4 is 9.84 Å². The van der Waals surface area contributed by atoms with Crippen molar-refractivity contribution in [3.8, 4) is 0 Å². The van der Waals surface area contributed by atoms with Gasteiger partial charge in [-0.15, -0.1) is 0 Å². The smallest absolute Gasteiger partial charge is 0.227 e. The van der Waals surface area contributed by atoms with Gasteiger partial charge in [-0.25, -0.2) is 13.4 Å². The Hall–Kier alpha value is -1.71. The standard InChI is InChI=1S/C17H28N4O4S/c1-17(2,3)13-26(22,23)16-18-10-14(21(16)8-9-24-5)11-20(4)12-15-6-7-19-25-15/h6-7,10H,8-9,11-13H2,1-5H3. The van der Waals surface area contributed by atoms with Gasteiger partial charge in [0.05, 0.1) is 37.0 Å². The summed E-state index contributed by atoms with van der Waals surface area (Å²) in [5.74, 6) is 0.785. The number of aromatic nitrogens is 3. The van der Waals surface area contributed by atoms with E-state index in [0.717, 1.165) is 11.5 Å². The predicted octanol–water partition coefficient (Wildman–Crippen LogP) is 1.97. The maximum absolute atomic E-state index is 12.8. The van der Waals surface area contributed by atoms with E-state index >= 15 is 0 Å². The number of nitrogens with zero attached hydrogens (tertiary/aromatic N) is 4. The molecule has 0 saturated heterocycles. The molecule has 0 bridgehead atoms. The SMILES string of the molecule is COCCn1c(CN(C)Cc2ccno2)cnc1S(=O)(=O)CC(C)(C)C. The molecule has 8 nitrogen and oxygen atoms in total. The number of hydrogen-bond donors (Lipinski definition) is 0. The van der Waals surface area contributed by atoms with Crippen LogP contribution in [0.15, 0.2) is 28.1 Å². The van der Waals surface area contributed by atoms with Crippen molar-refractivity contribution in [2.75, 3.05) is 26.5 Å². The van der Waals surface area contributed by atoms with Crippen LogP contribution in [0.3, 0.4) is 0 Å². The summed E-state index contributed by atoms with van der Waals surface area (Å²) < 4.78 is 37.7. The number of rotatable bonds is 9. The molecule has 9 heteroatoms. The van der Waals surface area contributed by atoms with E-state index < -0.39 is 9.84 Å². The van der Waals surface area contributed by atoms with Crippen LogP contribution < -0.4 is 0 Å². The Morgan fingerprint density at radius 1 is 1.31 bits per heavy atom. The number of hydrogen-bond acceptors (Lipinski definition) is 7. The lowest BCUT2D eigenvalue weighted by Crippen LogP contribution is -2.26. The first kappa shape index (κ1) is 20.6. The molecule has 0 unspecified atom stereocenters. The van der Waals surface area contributed by atoms with Gasteiger partial charge in [0.2, 0.25) is 15.0 Å². The molecule has 0 saturated carbocycles. The van der Waals surface area contributed by atoms with Gasteiger partial charge in [0.15, 0.2) is 5.76 Å². The quantitative estimate of drug-likeness (QED) is 0.653. The van der Waals surface area contributed by atoms with Gasteiger partial charge in [0.1, 0.15) is 0 Å². The molecule has 2 heterocycles. The molecule has 0 amide bonds. The van der Waals surface area contributed by atoms with Gasteiger partial charge in [-0.2, -0.15) is 0 Å². The minimum Gasteiger partial charge on any atom is -0.383 e. The summed E-state index contributed by atoms with van der Waals surface area (Å²) in [6, 6.07) is 1.80. The Morgan fingerprint density at radius 2 is 2.04 bits per heavy atom. The van der Waals surface area contributed by atoms with Crippen molar-refractivity contribution in [1.82, 2.24) is 19.6 Å². The fourth-order valence-corrected chi connectivity index (χ4v) is 4.77. The zero-order valence-corrected chi connectivity index (χ0v) is 16.9. The van der Waals surface area contributed by atoms with E-state index in [1.54, 1.807) is 30.1 Å². The van der Waals surface area contributed by atoms with Gasteiger partial charge in [0.25, 0.3) is 0 Å². The van der Waals surface area contributed by atoms with E-state index in [2.05, 4.69) is 10.1 Å². The number of ether oxygens (including phenoxy) is 1. The van der Waals surface area contributed by atoms with E-state index in [1.165, 1.54) is 0 Å². The monoisotopic (exact) mass is 384 g/mol. The van der Waals surface area contributed by atoms with Crippen LogP contribution in [0.4, 0.5) is 0 Å². The minimum absolute atomic E-state index is 0.0390. The summed E-state index contributed by atoms with van der Waals surface area (Å²) in [7, 11) is 0.0286. The average molecular weight is 385 g/mol. The average Bonchev–Trinajstić information content (AvgIpc) is 3.12. The van der Waals surface area contributed by atoms with Crippen LogP contribution in [0.5, 0.6) is 0 Å². The van der Waals surface area contributed by atoms with Gasteiger partial charge in [0, 0.05) is 26.3 Å². The minimum atomic E-state index is -3.49. The molecule has 0 fully saturated rings. The second kappa shape index (κ2) is 8.32. The lowest BCUT2D eigenvalue weighted by molar-refractivity contribution is 0.181. The summed E-state index contributed by atoms with van der Waals surface area (Å²) in [5, 5.41) is 3.80. The van der Waals surface area contributed by atoms with Crippen molar-refractivity contribution in [1.29, 1.82) is 0 Å². The van der Waals surface area contributed by atoms with Crippen molar-refractivity contribution < 1.29 is 17.7 Å². The highest BCUT2D eigenvalue weighted by molar-refractivity contribution is 7.91. The Morgan fingerprint density at radius 3 is 2.62 bits per heavy atom. The van der Waals surface area contributed by atoms with Crippen molar-refractivity contribution in [3.05, 3.63) is 29.9 Å². The van der Waals surface area contributed by atoms with Crippen LogP contribution in [-0.2, 0) is 34.2 Å². The van der Waals surface area contributed by atoms with E-state index in [0.29, 0.717) is 26.2 Å². The fraction of sp³-hybridized carbons (Fsp3) is 0.647. The molecule has 0 spiro atoms. The molecular weight excluding hydrogens is 356 g/mol. The van der Waals surface area contributed by atoms with Crippen LogP contribution in [0.2, 0.25) is 0 Å². The molecule has 0 N–H and O–H groups in total. The summed E-state index contributed by atoms with van der Waals surface area (Å²) in [5.41, 5.74) is 0.469. The van der Waals surface area contributed by atoms with E-state index in [9.17, 15) is 8.42 Å². The highest BCUT2D eigenvalue weighted by Gasteiger charge is 2.29. The molecule has 0 aliphatic carbocycles. The molecule has 0 aliphatic rings. The third kappa shape index (κ3) is 5.65. The van der Waals surface area contributed by atoms with Crippen LogP contribution in [0, 0.1) is 5.41 Å². The predicted molar refractivity (Wildman–Crippen MR) is 97.3 cm³/mol. The Balaban J connectivity index is 2.25. The molecule has 0 radical (unpaired) electrons. The fourth-order valence-electron chi connectivity index (χ4n) is 2.74. The maximum Gasteiger partial charge on any atom is 0.227 e. The van der Waals surface area contributed by atoms with Gasteiger partial charge in [-0.05, 0) is 12.5 Å². The molecule has 0 aromatic carbocycles. The zero-order chi connectivity index (χ0) is 19.4. The first-order valence-electron chi connectivity index (χ1n) is 8.46. The second-order valence-corrected chi connectivity index (χ2v) is 9.53. The second-order valence-electron chi connectivity index (χ2n) is 7.65. The van der Waals surface area contributed by atoms with E-state index in [1.807, 2.05) is 32.7 Å². The highest BCUT2D eigenvalue weighted by Crippen LogP contribution is 2.23. The molecule has 2 rings (SSSR count). The topological polar surface area (TPSA) is 90.5 Å². The van der Waals surface area contributed by atoms with Crippen LogP contribution in [-0.4, -0.2) is 54.5 Å². The Bertz CT molecular complexity index is 791. The maximum atomic E-state index is 12.8. The van der Waals surface area contributed by atoms with Crippen LogP contribution in [0.25, 0.3) is 0 Å². The third-order valence-corrected chi connectivity index (χ3v) is 5.80. The molecule has 0 atom stereocenters. The van der Waals surface area contributed by atoms with Crippen LogP contribution >= 0.6 is 0 Å². The molecular formula is C17H28N4O4S. The molecule has 146 valence electrons. The zero-order valence-electron chi connectivity index (χ0n) is 16.1. The first-order valence-corrected chi connectivity index (χ1v) is 10.1. The number of imidazole rings is 1. The first-order chi connectivity index (χ1) is 12.1. The van der Waals surface area contributed by atoms with E-state index in [-0.39, 0.29) is 16.3 Å². The highest BCUT2D eigenvalue weighted by atomic mass is 32.2. The third-order valence-electron chi connectivity index (χ3n) is 3.67. The van der Waals surface area contributed by atoms with Gasteiger partial charge >= 0.3 is 0 Å². The lowest BCUT2D eigenvalue weighted by atomic mass is 10.0. The molecule has 0 aliphatic heterocycles. The van der Waals surface area contributed by atoms with E-state index in [4.69, 9.17) is 9.26 Å². The van der Waals surface area contributed by atoms with Gasteiger partial charge in [-0.1, -0.05) is 25.9 Å². The Labute approximate surface area is 155 Å².